The van der Waals surface area contributed by atoms with Gasteiger partial charge in [0, 0.05) is 30.9 Å². The molecule has 2 aromatic rings. The molecule has 0 aliphatic carbocycles. The van der Waals surface area contributed by atoms with Gasteiger partial charge >= 0.3 is 0 Å². The van der Waals surface area contributed by atoms with E-state index in [9.17, 15) is 4.39 Å². The maximum Gasteiger partial charge on any atom is 0.130 e. The van der Waals surface area contributed by atoms with Crippen LogP contribution in [0.25, 0.3) is 0 Å². The van der Waals surface area contributed by atoms with E-state index in [1.165, 1.54) is 6.07 Å². The monoisotopic (exact) mass is 283 g/mol. The Bertz CT molecular complexity index is 674. The molecular formula is C17H18FN3. The van der Waals surface area contributed by atoms with Crippen molar-refractivity contribution in [2.45, 2.75) is 19.5 Å². The van der Waals surface area contributed by atoms with E-state index < -0.39 is 0 Å². The van der Waals surface area contributed by atoms with Gasteiger partial charge in [-0.3, -0.25) is 0 Å². The lowest BCUT2D eigenvalue weighted by atomic mass is 10.0. The Balaban J connectivity index is 2.30. The van der Waals surface area contributed by atoms with Gasteiger partial charge in [0.25, 0.3) is 0 Å². The minimum absolute atomic E-state index is 0.292. The van der Waals surface area contributed by atoms with E-state index in [0.717, 1.165) is 11.3 Å². The number of nitrogens with two attached hydrogens (primary N) is 1. The van der Waals surface area contributed by atoms with E-state index in [1.54, 1.807) is 19.1 Å². The molecule has 1 atom stereocenters. The first kappa shape index (κ1) is 15.0. The average molecular weight is 283 g/mol. The first-order valence-corrected chi connectivity index (χ1v) is 6.77. The van der Waals surface area contributed by atoms with Crippen LogP contribution in [0.1, 0.15) is 29.7 Å². The van der Waals surface area contributed by atoms with Gasteiger partial charge in [-0.25, -0.2) is 4.39 Å². The summed E-state index contributed by atoms with van der Waals surface area (Å²) in [6, 6.07) is 14.1. The molecule has 21 heavy (non-hydrogen) atoms. The quantitative estimate of drug-likeness (QED) is 0.936. The van der Waals surface area contributed by atoms with Gasteiger partial charge in [0.1, 0.15) is 5.82 Å². The Kier molecular flexibility index (Phi) is 4.56. The number of anilines is 1. The van der Waals surface area contributed by atoms with Crippen molar-refractivity contribution in [3.05, 3.63) is 65.0 Å². The maximum absolute atomic E-state index is 14.0. The molecular weight excluding hydrogens is 265 g/mol. The van der Waals surface area contributed by atoms with Gasteiger partial charge in [-0.1, -0.05) is 18.2 Å². The first-order valence-electron chi connectivity index (χ1n) is 6.77. The summed E-state index contributed by atoms with van der Waals surface area (Å²) in [5, 5.41) is 8.94. The molecule has 0 fully saturated rings. The average Bonchev–Trinajstić information content (AvgIpc) is 2.46. The summed E-state index contributed by atoms with van der Waals surface area (Å²) >= 11 is 0. The highest BCUT2D eigenvalue weighted by Gasteiger charge is 2.15. The highest BCUT2D eigenvalue weighted by molar-refractivity contribution is 5.55. The van der Waals surface area contributed by atoms with Gasteiger partial charge < -0.3 is 10.6 Å². The molecule has 4 heteroatoms. The Morgan fingerprint density at radius 3 is 2.67 bits per heavy atom. The van der Waals surface area contributed by atoms with Crippen LogP contribution in [0.5, 0.6) is 0 Å². The summed E-state index contributed by atoms with van der Waals surface area (Å²) in [5.41, 5.74) is 8.78. The lowest BCUT2D eigenvalue weighted by Crippen LogP contribution is -2.21. The Hall–Kier alpha value is -2.38. The standard InChI is InChI=1S/C17H18FN3/c1-12(20)17-15(18)7-4-8-16(17)21(2)11-14-6-3-5-13(9-14)10-19/h3-9,12H,11,20H2,1-2H3/t12-/m1/s1. The first-order chi connectivity index (χ1) is 10.0. The molecule has 0 aromatic heterocycles. The Labute approximate surface area is 124 Å². The molecule has 0 saturated carbocycles. The van der Waals surface area contributed by atoms with Crippen molar-refractivity contribution in [2.75, 3.05) is 11.9 Å². The highest BCUT2D eigenvalue weighted by Crippen LogP contribution is 2.28. The van der Waals surface area contributed by atoms with Crippen molar-refractivity contribution in [2.24, 2.45) is 5.73 Å². The third-order valence-electron chi connectivity index (χ3n) is 3.37. The predicted molar refractivity (Wildman–Crippen MR) is 82.3 cm³/mol. The molecule has 2 rings (SSSR count). The van der Waals surface area contributed by atoms with Crippen LogP contribution in [-0.4, -0.2) is 7.05 Å². The van der Waals surface area contributed by atoms with Crippen LogP contribution in [0.4, 0.5) is 10.1 Å². The number of nitrogens with zero attached hydrogens (tertiary/aromatic N) is 2. The molecule has 0 aliphatic heterocycles. The molecule has 0 aliphatic rings. The molecule has 0 amide bonds. The molecule has 0 heterocycles. The van der Waals surface area contributed by atoms with E-state index in [1.807, 2.05) is 36.2 Å². The largest absolute Gasteiger partial charge is 0.370 e. The highest BCUT2D eigenvalue weighted by atomic mass is 19.1. The van der Waals surface area contributed by atoms with Crippen molar-refractivity contribution < 1.29 is 4.39 Å². The zero-order valence-electron chi connectivity index (χ0n) is 12.2. The third kappa shape index (κ3) is 3.39. The fraction of sp³-hybridized carbons (Fsp3) is 0.235. The lowest BCUT2D eigenvalue weighted by Gasteiger charge is -2.24. The number of nitriles is 1. The van der Waals surface area contributed by atoms with E-state index in [-0.39, 0.29) is 11.9 Å². The fourth-order valence-corrected chi connectivity index (χ4v) is 2.41. The summed E-state index contributed by atoms with van der Waals surface area (Å²) in [4.78, 5) is 1.94. The van der Waals surface area contributed by atoms with Crippen molar-refractivity contribution in [3.8, 4) is 6.07 Å². The SMILES string of the molecule is C[C@@H](N)c1c(F)cccc1N(C)Cc1cccc(C#N)c1. The van der Waals surface area contributed by atoms with Crippen LogP contribution in [0.15, 0.2) is 42.5 Å². The topological polar surface area (TPSA) is 53.0 Å². The lowest BCUT2D eigenvalue weighted by molar-refractivity contribution is 0.592. The second-order valence-corrected chi connectivity index (χ2v) is 5.13. The van der Waals surface area contributed by atoms with Crippen LogP contribution >= 0.6 is 0 Å². The molecule has 0 saturated heterocycles. The number of hydrogen-bond donors (Lipinski definition) is 1. The minimum atomic E-state index is -0.380. The normalized spacial score (nSPS) is 11.8. The van der Waals surface area contributed by atoms with Crippen LogP contribution in [0.3, 0.4) is 0 Å². The predicted octanol–water partition coefficient (Wildman–Crippen LogP) is 3.35. The zero-order valence-corrected chi connectivity index (χ0v) is 12.2. The molecule has 0 radical (unpaired) electrons. The number of hydrogen-bond acceptors (Lipinski definition) is 3. The van der Waals surface area contributed by atoms with E-state index in [0.29, 0.717) is 17.7 Å². The second kappa shape index (κ2) is 6.38. The summed E-state index contributed by atoms with van der Waals surface area (Å²) in [7, 11) is 1.89. The van der Waals surface area contributed by atoms with Crippen molar-refractivity contribution >= 4 is 5.69 Å². The van der Waals surface area contributed by atoms with Crippen molar-refractivity contribution in [1.82, 2.24) is 0 Å². The fourth-order valence-electron chi connectivity index (χ4n) is 2.41. The summed E-state index contributed by atoms with van der Waals surface area (Å²) in [5.74, 6) is -0.292. The van der Waals surface area contributed by atoms with Crippen LogP contribution < -0.4 is 10.6 Å². The maximum atomic E-state index is 14.0. The van der Waals surface area contributed by atoms with Gasteiger partial charge in [0.15, 0.2) is 0 Å². The van der Waals surface area contributed by atoms with Gasteiger partial charge in [0.05, 0.1) is 11.6 Å². The minimum Gasteiger partial charge on any atom is -0.370 e. The molecule has 2 N–H and O–H groups in total. The van der Waals surface area contributed by atoms with E-state index in [2.05, 4.69) is 6.07 Å². The van der Waals surface area contributed by atoms with Crippen LogP contribution in [0.2, 0.25) is 0 Å². The van der Waals surface area contributed by atoms with Crippen LogP contribution in [-0.2, 0) is 6.54 Å². The number of rotatable bonds is 4. The van der Waals surface area contributed by atoms with Crippen LogP contribution in [0, 0.1) is 17.1 Å². The number of benzene rings is 2. The Morgan fingerprint density at radius 1 is 1.29 bits per heavy atom. The van der Waals surface area contributed by atoms with Crippen molar-refractivity contribution in [3.63, 3.8) is 0 Å². The molecule has 0 bridgehead atoms. The van der Waals surface area contributed by atoms with Gasteiger partial charge in [0.2, 0.25) is 0 Å². The molecule has 3 nitrogen and oxygen atoms in total. The van der Waals surface area contributed by atoms with E-state index >= 15 is 0 Å². The zero-order chi connectivity index (χ0) is 15.4. The Morgan fingerprint density at radius 2 is 2.00 bits per heavy atom. The van der Waals surface area contributed by atoms with Gasteiger partial charge in [-0.05, 0) is 36.8 Å². The molecule has 2 aromatic carbocycles. The summed E-state index contributed by atoms with van der Waals surface area (Å²) in [6.45, 7) is 2.35. The van der Waals surface area contributed by atoms with Gasteiger partial charge in [-0.2, -0.15) is 5.26 Å². The molecule has 0 spiro atoms. The van der Waals surface area contributed by atoms with Crippen molar-refractivity contribution in [1.29, 1.82) is 5.26 Å². The number of halogens is 1. The second-order valence-electron chi connectivity index (χ2n) is 5.13. The van der Waals surface area contributed by atoms with E-state index in [4.69, 9.17) is 11.0 Å². The summed E-state index contributed by atoms with van der Waals surface area (Å²) in [6.07, 6.45) is 0. The summed E-state index contributed by atoms with van der Waals surface area (Å²) < 4.78 is 14.0. The third-order valence-corrected chi connectivity index (χ3v) is 3.37. The smallest absolute Gasteiger partial charge is 0.130 e. The van der Waals surface area contributed by atoms with Gasteiger partial charge in [-0.15, -0.1) is 0 Å². The molecule has 108 valence electrons. The molecule has 0 unspecified atom stereocenters.